The minimum Gasteiger partial charge on any atom is -0.390 e. The van der Waals surface area contributed by atoms with Gasteiger partial charge < -0.3 is 24.6 Å². The van der Waals surface area contributed by atoms with Gasteiger partial charge in [0.05, 0.1) is 36.3 Å². The molecule has 1 aromatic heterocycles. The van der Waals surface area contributed by atoms with Gasteiger partial charge in [0.15, 0.2) is 0 Å². The molecule has 0 bridgehead atoms. The van der Waals surface area contributed by atoms with Crippen LogP contribution in [-0.2, 0) is 9.53 Å². The third-order valence-electron chi connectivity index (χ3n) is 5.48. The smallest absolute Gasteiger partial charge is 0.255 e. The quantitative estimate of drug-likeness (QED) is 0.793. The van der Waals surface area contributed by atoms with E-state index in [9.17, 15) is 19.5 Å². The number of fused-ring (bicyclic) bond motifs is 2. The number of carbonyl (C=O) groups is 2. The number of aliphatic hydroxyl groups is 1. The number of aromatic amines is 1. The summed E-state index contributed by atoms with van der Waals surface area (Å²) in [5, 5.41) is 10.6. The van der Waals surface area contributed by atoms with Crippen molar-refractivity contribution in [2.24, 2.45) is 0 Å². The van der Waals surface area contributed by atoms with E-state index in [4.69, 9.17) is 4.74 Å². The van der Waals surface area contributed by atoms with Gasteiger partial charge in [-0.3, -0.25) is 14.4 Å². The average molecular weight is 399 g/mol. The second-order valence-electron chi connectivity index (χ2n) is 8.36. The lowest BCUT2D eigenvalue weighted by atomic mass is 10.0. The molecule has 8 heteroatoms. The van der Waals surface area contributed by atoms with Crippen LogP contribution in [0.1, 0.15) is 30.6 Å². The lowest BCUT2D eigenvalue weighted by Crippen LogP contribution is -2.53. The highest BCUT2D eigenvalue weighted by Crippen LogP contribution is 2.27. The van der Waals surface area contributed by atoms with E-state index in [0.717, 1.165) is 0 Å². The predicted octanol–water partition coefficient (Wildman–Crippen LogP) is 0.741. The average Bonchev–Trinajstić information content (AvgIpc) is 3.10. The van der Waals surface area contributed by atoms with Crippen LogP contribution in [0.2, 0.25) is 0 Å². The van der Waals surface area contributed by atoms with Crippen molar-refractivity contribution in [3.05, 3.63) is 46.2 Å². The van der Waals surface area contributed by atoms with Crippen LogP contribution in [0.15, 0.2) is 35.1 Å². The summed E-state index contributed by atoms with van der Waals surface area (Å²) in [5.41, 5.74) is -0.455. The van der Waals surface area contributed by atoms with Crippen LogP contribution in [0.3, 0.4) is 0 Å². The van der Waals surface area contributed by atoms with Crippen LogP contribution < -0.4 is 5.56 Å². The van der Waals surface area contributed by atoms with E-state index in [1.54, 1.807) is 35.8 Å². The molecule has 2 saturated heterocycles. The van der Waals surface area contributed by atoms with Gasteiger partial charge in [-0.25, -0.2) is 0 Å². The Bertz CT molecular complexity index is 1010. The maximum atomic E-state index is 13.4. The summed E-state index contributed by atoms with van der Waals surface area (Å²) in [6, 6.07) is 8.26. The van der Waals surface area contributed by atoms with E-state index in [1.807, 2.05) is 12.1 Å². The lowest BCUT2D eigenvalue weighted by molar-refractivity contribution is -0.134. The van der Waals surface area contributed by atoms with Gasteiger partial charge in [-0.2, -0.15) is 0 Å². The van der Waals surface area contributed by atoms with E-state index < -0.39 is 5.60 Å². The maximum absolute atomic E-state index is 13.4. The number of pyridine rings is 1. The highest BCUT2D eigenvalue weighted by atomic mass is 16.5. The van der Waals surface area contributed by atoms with Crippen molar-refractivity contribution >= 4 is 22.7 Å². The molecule has 2 amide bonds. The van der Waals surface area contributed by atoms with Gasteiger partial charge in [0.25, 0.3) is 5.91 Å². The molecule has 1 aromatic carbocycles. The van der Waals surface area contributed by atoms with Gasteiger partial charge in [0.2, 0.25) is 11.5 Å². The number of hydrogen-bond acceptors (Lipinski definition) is 5. The van der Waals surface area contributed by atoms with Crippen molar-refractivity contribution in [2.45, 2.75) is 38.0 Å². The normalized spacial score (nSPS) is 22.0. The molecule has 0 aliphatic carbocycles. The van der Waals surface area contributed by atoms with Crippen LogP contribution in [0.25, 0.3) is 10.9 Å². The lowest BCUT2D eigenvalue weighted by Gasteiger charge is -2.36. The molecule has 2 aliphatic rings. The van der Waals surface area contributed by atoms with Crippen LogP contribution in [0.5, 0.6) is 0 Å². The van der Waals surface area contributed by atoms with Crippen molar-refractivity contribution in [3.8, 4) is 0 Å². The van der Waals surface area contributed by atoms with Crippen LogP contribution in [-0.4, -0.2) is 75.7 Å². The minimum absolute atomic E-state index is 0.0130. The number of aromatic nitrogens is 1. The second kappa shape index (κ2) is 7.27. The Morgan fingerprint density at radius 2 is 2.03 bits per heavy atom. The zero-order valence-electron chi connectivity index (χ0n) is 16.6. The van der Waals surface area contributed by atoms with Gasteiger partial charge in [-0.1, -0.05) is 18.2 Å². The standard InChI is InChI=1S/C21H25N3O5/c1-21(2,28)10-19(26)23-11-16-17(12-23)29-8-7-24(16)20(27)14-9-18(25)22-15-6-4-3-5-13(14)15/h3-6,9,16-17,28H,7-8,10-12H2,1-2H3,(H,22,25)/t16-,17-/m0/s1. The number of morpholine rings is 1. The zero-order valence-corrected chi connectivity index (χ0v) is 16.6. The molecule has 2 aliphatic heterocycles. The molecule has 2 atom stereocenters. The molecule has 3 heterocycles. The summed E-state index contributed by atoms with van der Waals surface area (Å²) in [5.74, 6) is -0.396. The first-order chi connectivity index (χ1) is 13.7. The number of H-pyrrole nitrogens is 1. The highest BCUT2D eigenvalue weighted by molar-refractivity contribution is 6.06. The van der Waals surface area contributed by atoms with E-state index in [1.165, 1.54) is 6.07 Å². The summed E-state index contributed by atoms with van der Waals surface area (Å²) in [6.45, 7) is 4.71. The number of nitrogens with one attached hydrogen (secondary N) is 1. The van der Waals surface area contributed by atoms with E-state index in [2.05, 4.69) is 4.98 Å². The molecule has 0 saturated carbocycles. The molecule has 154 valence electrons. The van der Waals surface area contributed by atoms with Gasteiger partial charge in [-0.05, 0) is 19.9 Å². The number of carbonyl (C=O) groups excluding carboxylic acids is 2. The SMILES string of the molecule is CC(C)(O)CC(=O)N1C[C@@H]2OCCN(C(=O)c3cc(=O)[nH]c4ccccc34)[C@H]2C1. The fourth-order valence-corrected chi connectivity index (χ4v) is 4.16. The Morgan fingerprint density at radius 1 is 1.28 bits per heavy atom. The molecule has 2 aromatic rings. The molecule has 8 nitrogen and oxygen atoms in total. The number of likely N-dealkylation sites (tertiary alicyclic amines) is 1. The van der Waals surface area contributed by atoms with Crippen molar-refractivity contribution in [1.29, 1.82) is 0 Å². The summed E-state index contributed by atoms with van der Waals surface area (Å²) in [7, 11) is 0. The predicted molar refractivity (Wildman–Crippen MR) is 107 cm³/mol. The molecule has 2 N–H and O–H groups in total. The molecule has 29 heavy (non-hydrogen) atoms. The Kier molecular flexibility index (Phi) is 4.92. The molecule has 0 spiro atoms. The number of para-hydroxylation sites is 1. The van der Waals surface area contributed by atoms with Crippen molar-refractivity contribution in [3.63, 3.8) is 0 Å². The summed E-state index contributed by atoms with van der Waals surface area (Å²) >= 11 is 0. The number of amides is 2. The third-order valence-corrected chi connectivity index (χ3v) is 5.48. The number of rotatable bonds is 3. The second-order valence-corrected chi connectivity index (χ2v) is 8.36. The van der Waals surface area contributed by atoms with E-state index >= 15 is 0 Å². The number of ether oxygens (including phenoxy) is 1. The van der Waals surface area contributed by atoms with Gasteiger partial charge >= 0.3 is 0 Å². The largest absolute Gasteiger partial charge is 0.390 e. The van der Waals surface area contributed by atoms with E-state index in [0.29, 0.717) is 42.7 Å². The summed E-state index contributed by atoms with van der Waals surface area (Å²) in [6.07, 6.45) is -0.259. The Balaban J connectivity index is 1.60. The number of benzene rings is 1. The first kappa shape index (κ1) is 19.6. The van der Waals surface area contributed by atoms with Crippen LogP contribution in [0.4, 0.5) is 0 Å². The number of nitrogens with zero attached hydrogens (tertiary/aromatic N) is 2. The van der Waals surface area contributed by atoms with Gasteiger partial charge in [0.1, 0.15) is 0 Å². The van der Waals surface area contributed by atoms with Crippen molar-refractivity contribution in [1.82, 2.24) is 14.8 Å². The Hall–Kier alpha value is -2.71. The van der Waals surface area contributed by atoms with Gasteiger partial charge in [0, 0.05) is 36.6 Å². The minimum atomic E-state index is -1.09. The first-order valence-corrected chi connectivity index (χ1v) is 9.78. The fraction of sp³-hybridized carbons (Fsp3) is 0.476. The molecule has 2 fully saturated rings. The third kappa shape index (κ3) is 3.90. The zero-order chi connectivity index (χ0) is 20.8. The molecular weight excluding hydrogens is 374 g/mol. The van der Waals surface area contributed by atoms with Crippen LogP contribution in [0, 0.1) is 0 Å². The first-order valence-electron chi connectivity index (χ1n) is 9.78. The van der Waals surface area contributed by atoms with E-state index in [-0.39, 0.29) is 35.9 Å². The molecule has 0 unspecified atom stereocenters. The van der Waals surface area contributed by atoms with Gasteiger partial charge in [-0.15, -0.1) is 0 Å². The maximum Gasteiger partial charge on any atom is 0.255 e. The Morgan fingerprint density at radius 3 is 2.79 bits per heavy atom. The molecular formula is C21H25N3O5. The summed E-state index contributed by atoms with van der Waals surface area (Å²) in [4.78, 5) is 44.1. The monoisotopic (exact) mass is 399 g/mol. The summed E-state index contributed by atoms with van der Waals surface area (Å²) < 4.78 is 5.82. The number of hydrogen-bond donors (Lipinski definition) is 2. The Labute approximate surface area is 168 Å². The fourth-order valence-electron chi connectivity index (χ4n) is 4.16. The highest BCUT2D eigenvalue weighted by Gasteiger charge is 2.44. The molecule has 4 rings (SSSR count). The van der Waals surface area contributed by atoms with Crippen molar-refractivity contribution in [2.75, 3.05) is 26.2 Å². The molecule has 0 radical (unpaired) electrons. The van der Waals surface area contributed by atoms with Crippen molar-refractivity contribution < 1.29 is 19.4 Å². The topological polar surface area (TPSA) is 103 Å². The van der Waals surface area contributed by atoms with Crippen LogP contribution >= 0.6 is 0 Å².